The van der Waals surface area contributed by atoms with Crippen LogP contribution in [0, 0.1) is 41.5 Å². The molecule has 0 bridgehead atoms. The number of rotatable bonds is 10. The summed E-state index contributed by atoms with van der Waals surface area (Å²) < 4.78 is 0. The Morgan fingerprint density at radius 2 is 0.697 bits per heavy atom. The first-order valence-electron chi connectivity index (χ1n) is 22.6. The topological polar surface area (TPSA) is 45.2 Å². The fourth-order valence-corrected chi connectivity index (χ4v) is 9.55. The van der Waals surface area contributed by atoms with Crippen LogP contribution >= 0.6 is 0 Å². The third-order valence-corrected chi connectivity index (χ3v) is 12.4. The molecule has 5 nitrogen and oxygen atoms in total. The van der Waals surface area contributed by atoms with Crippen LogP contribution in [0.4, 0.5) is 34.4 Å². The van der Waals surface area contributed by atoms with E-state index in [1.165, 1.54) is 44.8 Å². The van der Waals surface area contributed by atoms with Crippen molar-refractivity contribution in [2.75, 3.05) is 9.80 Å². The van der Waals surface area contributed by atoms with Gasteiger partial charge in [0.1, 0.15) is 0 Å². The summed E-state index contributed by atoms with van der Waals surface area (Å²) in [5, 5.41) is 2.27. The molecule has 0 N–H and O–H groups in total. The lowest BCUT2D eigenvalue weighted by atomic mass is 9.97. The molecule has 66 heavy (non-hydrogen) atoms. The van der Waals surface area contributed by atoms with E-state index in [0.29, 0.717) is 17.6 Å². The maximum Gasteiger partial charge on any atom is 0.238 e. The number of benzene rings is 9. The zero-order chi connectivity index (χ0) is 45.3. The predicted molar refractivity (Wildman–Crippen MR) is 277 cm³/mol. The van der Waals surface area contributed by atoms with Gasteiger partial charge >= 0.3 is 0 Å². The molecule has 0 amide bonds. The Kier molecular flexibility index (Phi) is 11.3. The van der Waals surface area contributed by atoms with Gasteiger partial charge in [-0.2, -0.15) is 9.97 Å². The first kappa shape index (κ1) is 41.8. The highest BCUT2D eigenvalue weighted by atomic mass is 15.3. The van der Waals surface area contributed by atoms with Crippen molar-refractivity contribution in [2.24, 2.45) is 0 Å². The van der Waals surface area contributed by atoms with Gasteiger partial charge in [0, 0.05) is 28.1 Å². The van der Waals surface area contributed by atoms with Gasteiger partial charge in [-0.15, -0.1) is 0 Å². The van der Waals surface area contributed by atoms with Crippen molar-refractivity contribution in [1.82, 2.24) is 15.0 Å². The van der Waals surface area contributed by atoms with Gasteiger partial charge in [0.25, 0.3) is 0 Å². The van der Waals surface area contributed by atoms with Crippen molar-refractivity contribution in [3.63, 3.8) is 0 Å². The third-order valence-electron chi connectivity index (χ3n) is 12.4. The van der Waals surface area contributed by atoms with Crippen LogP contribution in [0.5, 0.6) is 0 Å². The zero-order valence-electron chi connectivity index (χ0n) is 38.3. The number of hydrogen-bond donors (Lipinski definition) is 0. The average Bonchev–Trinajstić information content (AvgIpc) is 3.34. The van der Waals surface area contributed by atoms with Crippen LogP contribution in [0.15, 0.2) is 200 Å². The Morgan fingerprint density at radius 1 is 0.318 bits per heavy atom. The standard InChI is InChI=1S/C61H51N5/c1-40-34-42(3)57(43(4)35-40)66(58-44(5)36-41(2)37-45(58)6)54-32-30-53(31-33-54)65(56-39-52-25-17-16-24-51(52)38-55(56)48-20-12-8-13-21-48)61-63-59(49-22-14-9-15-23-49)62-60(64-61)50-28-26-47(27-29-50)46-18-10-7-11-19-46/h7-39H,1-6H3. The Balaban J connectivity index is 1.21. The molecule has 9 aromatic carbocycles. The SMILES string of the molecule is Cc1cc(C)c(N(c2ccc(N(c3nc(-c4ccccc4)nc(-c4ccc(-c5ccccc5)cc4)n3)c3cc4ccccc4cc3-c3ccccc3)cc2)c2c(C)cc(C)cc2C)c(C)c1. The molecule has 0 saturated carbocycles. The van der Waals surface area contributed by atoms with Gasteiger partial charge in [-0.25, -0.2) is 4.98 Å². The molecular formula is C61H51N5. The van der Waals surface area contributed by atoms with Crippen molar-refractivity contribution >= 4 is 45.2 Å². The van der Waals surface area contributed by atoms with Gasteiger partial charge in [0.15, 0.2) is 11.6 Å². The van der Waals surface area contributed by atoms with Crippen molar-refractivity contribution in [3.8, 4) is 45.0 Å². The summed E-state index contributed by atoms with van der Waals surface area (Å²) in [6.07, 6.45) is 0. The van der Waals surface area contributed by atoms with Crippen LogP contribution in [-0.4, -0.2) is 15.0 Å². The molecule has 0 unspecified atom stereocenters. The molecule has 10 rings (SSSR count). The lowest BCUT2D eigenvalue weighted by Gasteiger charge is -2.32. The van der Waals surface area contributed by atoms with Crippen molar-refractivity contribution in [1.29, 1.82) is 0 Å². The molecular weight excluding hydrogens is 803 g/mol. The third kappa shape index (κ3) is 8.23. The lowest BCUT2D eigenvalue weighted by molar-refractivity contribution is 1.02. The molecule has 0 aliphatic heterocycles. The molecule has 0 aliphatic carbocycles. The van der Waals surface area contributed by atoms with Gasteiger partial charge in [-0.1, -0.05) is 175 Å². The van der Waals surface area contributed by atoms with E-state index in [0.717, 1.165) is 61.2 Å². The second kappa shape index (κ2) is 17.8. The smallest absolute Gasteiger partial charge is 0.238 e. The Hall–Kier alpha value is -8.15. The Bertz CT molecular complexity index is 3240. The van der Waals surface area contributed by atoms with E-state index in [2.05, 4.69) is 227 Å². The fourth-order valence-electron chi connectivity index (χ4n) is 9.55. The summed E-state index contributed by atoms with van der Waals surface area (Å²) >= 11 is 0. The van der Waals surface area contributed by atoms with Gasteiger partial charge in [-0.3, -0.25) is 4.90 Å². The zero-order valence-corrected chi connectivity index (χ0v) is 38.3. The largest absolute Gasteiger partial charge is 0.309 e. The van der Waals surface area contributed by atoms with E-state index in [9.17, 15) is 0 Å². The normalized spacial score (nSPS) is 11.2. The van der Waals surface area contributed by atoms with Crippen molar-refractivity contribution in [2.45, 2.75) is 41.5 Å². The quantitative estimate of drug-likeness (QED) is 0.137. The summed E-state index contributed by atoms with van der Waals surface area (Å²) in [7, 11) is 0. The van der Waals surface area contributed by atoms with Gasteiger partial charge in [0.05, 0.1) is 17.1 Å². The first-order chi connectivity index (χ1) is 32.2. The van der Waals surface area contributed by atoms with Crippen LogP contribution in [0.25, 0.3) is 55.8 Å². The maximum absolute atomic E-state index is 5.41. The van der Waals surface area contributed by atoms with E-state index in [1.807, 2.05) is 24.3 Å². The maximum atomic E-state index is 5.41. The Morgan fingerprint density at radius 3 is 1.20 bits per heavy atom. The van der Waals surface area contributed by atoms with Gasteiger partial charge in [0.2, 0.25) is 5.95 Å². The molecule has 5 heteroatoms. The summed E-state index contributed by atoms with van der Waals surface area (Å²) in [4.78, 5) is 20.6. The van der Waals surface area contributed by atoms with Crippen LogP contribution in [-0.2, 0) is 0 Å². The lowest BCUT2D eigenvalue weighted by Crippen LogP contribution is -2.18. The monoisotopic (exact) mass is 853 g/mol. The Labute approximate surface area is 388 Å². The summed E-state index contributed by atoms with van der Waals surface area (Å²) in [5.74, 6) is 1.69. The minimum Gasteiger partial charge on any atom is -0.309 e. The van der Waals surface area contributed by atoms with E-state index in [4.69, 9.17) is 15.0 Å². The average molecular weight is 854 g/mol. The van der Waals surface area contributed by atoms with Crippen LogP contribution in [0.2, 0.25) is 0 Å². The molecule has 1 aromatic heterocycles. The molecule has 0 spiro atoms. The summed E-state index contributed by atoms with van der Waals surface area (Å²) in [5.41, 5.74) is 19.0. The number of nitrogens with zero attached hydrogens (tertiary/aromatic N) is 5. The van der Waals surface area contributed by atoms with Crippen molar-refractivity contribution < 1.29 is 0 Å². The minimum absolute atomic E-state index is 0.513. The molecule has 320 valence electrons. The molecule has 0 saturated heterocycles. The highest BCUT2D eigenvalue weighted by Crippen LogP contribution is 2.46. The van der Waals surface area contributed by atoms with E-state index >= 15 is 0 Å². The van der Waals surface area contributed by atoms with E-state index in [-0.39, 0.29) is 0 Å². The number of hydrogen-bond acceptors (Lipinski definition) is 5. The first-order valence-corrected chi connectivity index (χ1v) is 22.6. The van der Waals surface area contributed by atoms with Crippen LogP contribution < -0.4 is 9.80 Å². The van der Waals surface area contributed by atoms with Crippen LogP contribution in [0.3, 0.4) is 0 Å². The number of aryl methyl sites for hydroxylation is 6. The molecule has 10 aromatic rings. The van der Waals surface area contributed by atoms with Crippen LogP contribution in [0.1, 0.15) is 33.4 Å². The van der Waals surface area contributed by atoms with E-state index < -0.39 is 0 Å². The highest BCUT2D eigenvalue weighted by Gasteiger charge is 2.26. The number of anilines is 6. The number of fused-ring (bicyclic) bond motifs is 1. The van der Waals surface area contributed by atoms with Crippen molar-refractivity contribution in [3.05, 3.63) is 234 Å². The molecule has 0 atom stereocenters. The molecule has 0 radical (unpaired) electrons. The second-order valence-corrected chi connectivity index (χ2v) is 17.4. The number of aromatic nitrogens is 3. The summed E-state index contributed by atoms with van der Waals surface area (Å²) in [6, 6.07) is 70.9. The summed E-state index contributed by atoms with van der Waals surface area (Å²) in [6.45, 7) is 13.2. The minimum atomic E-state index is 0.513. The highest BCUT2D eigenvalue weighted by molar-refractivity contribution is 5.98. The predicted octanol–water partition coefficient (Wildman–Crippen LogP) is 16.5. The van der Waals surface area contributed by atoms with Gasteiger partial charge in [-0.05, 0) is 128 Å². The fraction of sp³-hybridized carbons (Fsp3) is 0.0984. The molecule has 1 heterocycles. The molecule has 0 aliphatic rings. The second-order valence-electron chi connectivity index (χ2n) is 17.4. The van der Waals surface area contributed by atoms with E-state index in [1.54, 1.807) is 0 Å². The molecule has 0 fully saturated rings. The van der Waals surface area contributed by atoms with Gasteiger partial charge < -0.3 is 4.90 Å².